The van der Waals surface area contributed by atoms with E-state index in [0.29, 0.717) is 23.3 Å². The number of amides is 1. The van der Waals surface area contributed by atoms with Crippen molar-refractivity contribution in [2.45, 2.75) is 31.8 Å². The van der Waals surface area contributed by atoms with E-state index in [0.717, 1.165) is 5.01 Å². The molecule has 0 aliphatic carbocycles. The molecule has 1 aliphatic rings. The fourth-order valence-corrected chi connectivity index (χ4v) is 4.27. The van der Waals surface area contributed by atoms with Crippen LogP contribution in [0.25, 0.3) is 11.0 Å². The second-order valence-corrected chi connectivity index (χ2v) is 7.72. The molecule has 0 spiro atoms. The van der Waals surface area contributed by atoms with Gasteiger partial charge in [-0.25, -0.2) is 13.8 Å². The van der Waals surface area contributed by atoms with Crippen LogP contribution in [0.1, 0.15) is 39.0 Å². The van der Waals surface area contributed by atoms with Crippen molar-refractivity contribution in [3.63, 3.8) is 0 Å². The number of aryl methyl sites for hydroxylation is 1. The van der Waals surface area contributed by atoms with Crippen molar-refractivity contribution in [3.05, 3.63) is 45.6 Å². The third kappa shape index (κ3) is 3.24. The highest BCUT2D eigenvalue weighted by Gasteiger charge is 2.45. The fraction of sp³-hybridized carbons (Fsp3) is 0.368. The predicted molar refractivity (Wildman–Crippen MR) is 101 cm³/mol. The van der Waals surface area contributed by atoms with Gasteiger partial charge in [0.15, 0.2) is 0 Å². The number of nitrogens with two attached hydrogens (primary N) is 1. The van der Waals surface area contributed by atoms with Gasteiger partial charge in [0.05, 0.1) is 18.0 Å². The van der Waals surface area contributed by atoms with Gasteiger partial charge in [-0.05, 0) is 32.0 Å². The zero-order chi connectivity index (χ0) is 19.9. The number of carbonyl (C=O) groups is 1. The minimum absolute atomic E-state index is 0.124. The van der Waals surface area contributed by atoms with Crippen LogP contribution in [0.15, 0.2) is 28.1 Å². The number of ether oxygens (including phenoxy) is 1. The van der Waals surface area contributed by atoms with Crippen molar-refractivity contribution >= 4 is 28.2 Å². The maximum atomic E-state index is 14.8. The lowest BCUT2D eigenvalue weighted by atomic mass is 9.83. The molecule has 9 heteroatoms. The second-order valence-electron chi connectivity index (χ2n) is 6.74. The summed E-state index contributed by atoms with van der Waals surface area (Å²) in [4.78, 5) is 16.2. The molecule has 28 heavy (non-hydrogen) atoms. The number of fused-ring (bicyclic) bond motifs is 1. The first kappa shape index (κ1) is 18.8. The fourth-order valence-electron chi connectivity index (χ4n) is 3.74. The minimum atomic E-state index is -3.01. The number of aromatic nitrogens is 1. The van der Waals surface area contributed by atoms with Crippen molar-refractivity contribution in [1.29, 1.82) is 0 Å². The van der Waals surface area contributed by atoms with Crippen molar-refractivity contribution in [1.82, 2.24) is 10.3 Å². The lowest BCUT2D eigenvalue weighted by Gasteiger charge is -2.33. The van der Waals surface area contributed by atoms with E-state index in [1.807, 2.05) is 5.38 Å². The lowest BCUT2D eigenvalue weighted by molar-refractivity contribution is -0.0423. The summed E-state index contributed by atoms with van der Waals surface area (Å²) in [5.41, 5.74) is 6.28. The quantitative estimate of drug-likeness (QED) is 0.675. The number of piperidine rings is 1. The molecule has 1 aromatic carbocycles. The molecule has 1 atom stereocenters. The van der Waals surface area contributed by atoms with E-state index in [1.165, 1.54) is 11.3 Å². The number of halogens is 2. The number of benzene rings is 1. The summed E-state index contributed by atoms with van der Waals surface area (Å²) >= 11 is 1.41. The number of carbonyl (C=O) groups excluding carboxylic acids is 1. The molecule has 4 rings (SSSR count). The first-order valence-corrected chi connectivity index (χ1v) is 9.72. The Morgan fingerprint density at radius 3 is 3.00 bits per heavy atom. The van der Waals surface area contributed by atoms with Gasteiger partial charge in [-0.3, -0.25) is 4.79 Å². The van der Waals surface area contributed by atoms with Gasteiger partial charge in [-0.1, -0.05) is 0 Å². The Kier molecular flexibility index (Phi) is 4.80. The van der Waals surface area contributed by atoms with Crippen molar-refractivity contribution in [2.75, 3.05) is 13.1 Å². The molecule has 0 bridgehead atoms. The normalized spacial score (nSPS) is 19.0. The van der Waals surface area contributed by atoms with Gasteiger partial charge < -0.3 is 20.2 Å². The number of rotatable bonds is 5. The van der Waals surface area contributed by atoms with E-state index < -0.39 is 24.3 Å². The Hall–Kier alpha value is -2.52. The molecule has 1 aliphatic heterocycles. The zero-order valence-corrected chi connectivity index (χ0v) is 15.9. The average molecular weight is 407 g/mol. The number of nitrogens with zero attached hydrogens (tertiary/aromatic N) is 1. The predicted octanol–water partition coefficient (Wildman–Crippen LogP) is 3.59. The maximum Gasteiger partial charge on any atom is 0.267 e. The van der Waals surface area contributed by atoms with Gasteiger partial charge in [-0.15, -0.1) is 11.3 Å². The first-order chi connectivity index (χ1) is 13.4. The standard InChI is InChI=1S/C19H19F2N3O3S/c1-10-15(18(22)25)17-13(27-10)3-2-12(26-8-14-24-6-7-28-14)16(17)11-4-5-23-9-19(11,20)21/h2-3,6-7,11,23H,4-5,8-9H2,1H3,(H2,22,25). The second kappa shape index (κ2) is 7.14. The number of hydrogen-bond acceptors (Lipinski definition) is 6. The smallest absolute Gasteiger partial charge is 0.267 e. The Bertz CT molecular complexity index is 1020. The van der Waals surface area contributed by atoms with E-state index in [9.17, 15) is 13.6 Å². The number of primary amides is 1. The number of thiazole rings is 1. The van der Waals surface area contributed by atoms with Crippen LogP contribution >= 0.6 is 11.3 Å². The first-order valence-electron chi connectivity index (χ1n) is 8.84. The molecule has 6 nitrogen and oxygen atoms in total. The highest BCUT2D eigenvalue weighted by Crippen LogP contribution is 2.47. The molecule has 3 heterocycles. The molecular formula is C19H19F2N3O3S. The molecule has 1 fully saturated rings. The van der Waals surface area contributed by atoms with Gasteiger partial charge in [0.1, 0.15) is 28.7 Å². The summed E-state index contributed by atoms with van der Waals surface area (Å²) in [5.74, 6) is -4.26. The molecule has 3 aromatic rings. The zero-order valence-electron chi connectivity index (χ0n) is 15.1. The highest BCUT2D eigenvalue weighted by molar-refractivity contribution is 7.09. The maximum absolute atomic E-state index is 14.8. The van der Waals surface area contributed by atoms with E-state index in [1.54, 1.807) is 25.3 Å². The number of furan rings is 1. The number of nitrogens with one attached hydrogen (secondary N) is 1. The van der Waals surface area contributed by atoms with Crippen LogP contribution in [-0.4, -0.2) is 29.9 Å². The molecule has 1 saturated heterocycles. The van der Waals surface area contributed by atoms with Gasteiger partial charge >= 0.3 is 0 Å². The monoisotopic (exact) mass is 407 g/mol. The number of alkyl halides is 2. The summed E-state index contributed by atoms with van der Waals surface area (Å²) in [7, 11) is 0. The van der Waals surface area contributed by atoms with Crippen molar-refractivity contribution in [3.8, 4) is 5.75 Å². The SMILES string of the molecule is Cc1oc2ccc(OCc3nccs3)c(C3CCNCC3(F)F)c2c1C(N)=O. The summed E-state index contributed by atoms with van der Waals surface area (Å²) in [6, 6.07) is 3.23. The minimum Gasteiger partial charge on any atom is -0.486 e. The highest BCUT2D eigenvalue weighted by atomic mass is 32.1. The molecule has 1 unspecified atom stereocenters. The third-order valence-electron chi connectivity index (χ3n) is 4.94. The summed E-state index contributed by atoms with van der Waals surface area (Å²) in [6.07, 6.45) is 1.85. The van der Waals surface area contributed by atoms with Crippen LogP contribution in [-0.2, 0) is 6.61 Å². The van der Waals surface area contributed by atoms with Gasteiger partial charge in [0, 0.05) is 22.5 Å². The molecular weight excluding hydrogens is 388 g/mol. The van der Waals surface area contributed by atoms with E-state index >= 15 is 0 Å². The Balaban J connectivity index is 1.90. The van der Waals surface area contributed by atoms with Crippen LogP contribution in [0.3, 0.4) is 0 Å². The summed E-state index contributed by atoms with van der Waals surface area (Å²) < 4.78 is 41.2. The largest absolute Gasteiger partial charge is 0.486 e. The molecule has 2 aromatic heterocycles. The van der Waals surface area contributed by atoms with Crippen molar-refractivity contribution < 1.29 is 22.7 Å². The van der Waals surface area contributed by atoms with Crippen LogP contribution < -0.4 is 15.8 Å². The molecule has 3 N–H and O–H groups in total. The van der Waals surface area contributed by atoms with E-state index in [-0.39, 0.29) is 29.9 Å². The topological polar surface area (TPSA) is 90.4 Å². The number of hydrogen-bond donors (Lipinski definition) is 2. The van der Waals surface area contributed by atoms with Gasteiger partial charge in [0.25, 0.3) is 11.8 Å². The van der Waals surface area contributed by atoms with Crippen molar-refractivity contribution in [2.24, 2.45) is 5.73 Å². The van der Waals surface area contributed by atoms with Gasteiger partial charge in [-0.2, -0.15) is 0 Å². The van der Waals surface area contributed by atoms with Crippen LogP contribution in [0, 0.1) is 6.92 Å². The lowest BCUT2D eigenvalue weighted by Crippen LogP contribution is -2.44. The molecule has 0 saturated carbocycles. The van der Waals surface area contributed by atoms with E-state index in [2.05, 4.69) is 10.3 Å². The van der Waals surface area contributed by atoms with Gasteiger partial charge in [0.2, 0.25) is 0 Å². The summed E-state index contributed by atoms with van der Waals surface area (Å²) in [6.45, 7) is 1.74. The molecule has 1 amide bonds. The van der Waals surface area contributed by atoms with Crippen LogP contribution in [0.2, 0.25) is 0 Å². The third-order valence-corrected chi connectivity index (χ3v) is 5.70. The Morgan fingerprint density at radius 1 is 1.50 bits per heavy atom. The molecule has 148 valence electrons. The Labute approximate surface area is 163 Å². The molecule has 0 radical (unpaired) electrons. The summed E-state index contributed by atoms with van der Waals surface area (Å²) in [5, 5.41) is 5.58. The van der Waals surface area contributed by atoms with E-state index in [4.69, 9.17) is 14.9 Å². The van der Waals surface area contributed by atoms with Crippen LogP contribution in [0.4, 0.5) is 8.78 Å². The van der Waals surface area contributed by atoms with Crippen LogP contribution in [0.5, 0.6) is 5.75 Å². The Morgan fingerprint density at radius 2 is 2.32 bits per heavy atom. The average Bonchev–Trinajstić information content (AvgIpc) is 3.26.